The van der Waals surface area contributed by atoms with Crippen molar-refractivity contribution < 1.29 is 0 Å². The van der Waals surface area contributed by atoms with Gasteiger partial charge in [-0.1, -0.05) is 54.6 Å². The Hall–Kier alpha value is -3.80. The number of aromatic amines is 3. The third-order valence-electron chi connectivity index (χ3n) is 4.34. The first kappa shape index (κ1) is 16.7. The Bertz CT molecular complexity index is 1290. The van der Waals surface area contributed by atoms with Crippen molar-refractivity contribution in [1.29, 1.82) is 0 Å². The molecule has 5 rings (SSSR count). The highest BCUT2D eigenvalue weighted by molar-refractivity contribution is 5.78. The van der Waals surface area contributed by atoms with Crippen molar-refractivity contribution in [1.82, 2.24) is 20.0 Å². The van der Waals surface area contributed by atoms with Crippen LogP contribution in [0.4, 0.5) is 0 Å². The van der Waals surface area contributed by atoms with Crippen molar-refractivity contribution in [3.8, 4) is 0 Å². The van der Waals surface area contributed by atoms with Gasteiger partial charge < -0.3 is 0 Å². The number of aromatic nitrogens is 4. The number of fused-ring (bicyclic) bond motifs is 2. The fourth-order valence-corrected chi connectivity index (χ4v) is 3.02. The molecular weight excluding hydrogens is 340 g/mol. The van der Waals surface area contributed by atoms with Crippen LogP contribution in [0.3, 0.4) is 0 Å². The second-order valence-electron chi connectivity index (χ2n) is 6.15. The standard InChI is InChI=1S/C14H12N2O.C7H6N2O/c17-14-12-8-4-5-9-13(12)16(15-14)10-11-6-2-1-3-7-11;10-7-5-3-1-2-4-6(5)8-9-7/h1-9H,10H2,(H,15,17);1-4H,(H2,8,9,10). The minimum atomic E-state index is -0.0596. The molecule has 3 aromatic carbocycles. The van der Waals surface area contributed by atoms with E-state index in [0.717, 1.165) is 16.4 Å². The van der Waals surface area contributed by atoms with Crippen molar-refractivity contribution in [3.63, 3.8) is 0 Å². The first-order valence-electron chi connectivity index (χ1n) is 8.59. The number of H-pyrrole nitrogens is 3. The third-order valence-corrected chi connectivity index (χ3v) is 4.34. The Balaban J connectivity index is 0.000000153. The molecule has 0 amide bonds. The van der Waals surface area contributed by atoms with Crippen LogP contribution in [0.25, 0.3) is 21.8 Å². The Morgan fingerprint density at radius 3 is 2.11 bits per heavy atom. The van der Waals surface area contributed by atoms with E-state index in [1.807, 2.05) is 77.5 Å². The number of hydrogen-bond acceptors (Lipinski definition) is 2. The molecule has 0 aliphatic carbocycles. The Kier molecular flexibility index (Phi) is 4.45. The zero-order chi connectivity index (χ0) is 18.6. The van der Waals surface area contributed by atoms with Crippen molar-refractivity contribution >= 4 is 21.8 Å². The molecule has 0 atom stereocenters. The molecule has 0 fully saturated rings. The summed E-state index contributed by atoms with van der Waals surface area (Å²) in [5, 5.41) is 9.56. The van der Waals surface area contributed by atoms with Gasteiger partial charge in [0.1, 0.15) is 0 Å². The summed E-state index contributed by atoms with van der Waals surface area (Å²) in [5.41, 5.74) is 2.88. The summed E-state index contributed by atoms with van der Waals surface area (Å²) in [5.74, 6) is 0. The second-order valence-corrected chi connectivity index (χ2v) is 6.15. The van der Waals surface area contributed by atoms with Gasteiger partial charge in [0, 0.05) is 0 Å². The highest BCUT2D eigenvalue weighted by atomic mass is 16.1. The van der Waals surface area contributed by atoms with E-state index in [1.165, 1.54) is 5.56 Å². The quantitative estimate of drug-likeness (QED) is 0.452. The van der Waals surface area contributed by atoms with Gasteiger partial charge in [-0.05, 0) is 29.8 Å². The first-order chi connectivity index (χ1) is 13.2. The molecular formula is C21H18N4O2. The Labute approximate surface area is 154 Å². The monoisotopic (exact) mass is 358 g/mol. The largest absolute Gasteiger partial charge is 0.298 e. The van der Waals surface area contributed by atoms with E-state index in [0.29, 0.717) is 11.9 Å². The molecule has 0 spiro atoms. The molecule has 0 aliphatic heterocycles. The molecule has 0 saturated heterocycles. The van der Waals surface area contributed by atoms with Crippen LogP contribution in [0.5, 0.6) is 0 Å². The van der Waals surface area contributed by atoms with E-state index in [2.05, 4.69) is 15.3 Å². The molecule has 3 N–H and O–H groups in total. The van der Waals surface area contributed by atoms with Crippen LogP contribution in [0.1, 0.15) is 5.56 Å². The van der Waals surface area contributed by atoms with E-state index in [1.54, 1.807) is 6.07 Å². The SMILES string of the molecule is O=c1[nH][nH]c2ccccc12.O=c1[nH]n(Cc2ccccc2)c2ccccc12. The van der Waals surface area contributed by atoms with Gasteiger partial charge in [-0.15, -0.1) is 0 Å². The lowest BCUT2D eigenvalue weighted by Gasteiger charge is -2.04. The number of nitrogens with zero attached hydrogens (tertiary/aromatic N) is 1. The predicted octanol–water partition coefficient (Wildman–Crippen LogP) is 3.23. The van der Waals surface area contributed by atoms with Crippen LogP contribution in [-0.4, -0.2) is 20.0 Å². The molecule has 0 bridgehead atoms. The van der Waals surface area contributed by atoms with Gasteiger partial charge in [0.05, 0.1) is 28.4 Å². The lowest BCUT2D eigenvalue weighted by molar-refractivity contribution is 0.703. The van der Waals surface area contributed by atoms with Gasteiger partial charge in [-0.25, -0.2) is 0 Å². The summed E-state index contributed by atoms with van der Waals surface area (Å²) in [6.07, 6.45) is 0. The molecule has 2 heterocycles. The summed E-state index contributed by atoms with van der Waals surface area (Å²) in [4.78, 5) is 22.6. The van der Waals surface area contributed by atoms with Gasteiger partial charge in [0.2, 0.25) is 0 Å². The molecule has 6 nitrogen and oxygen atoms in total. The van der Waals surface area contributed by atoms with Crippen LogP contribution in [0, 0.1) is 0 Å². The van der Waals surface area contributed by atoms with E-state index in [4.69, 9.17) is 0 Å². The van der Waals surface area contributed by atoms with E-state index < -0.39 is 0 Å². The summed E-state index contributed by atoms with van der Waals surface area (Å²) in [6.45, 7) is 0.684. The molecule has 0 saturated carbocycles. The summed E-state index contributed by atoms with van der Waals surface area (Å²) in [6, 6.07) is 25.1. The number of benzene rings is 3. The van der Waals surface area contributed by atoms with Crippen LogP contribution in [0.2, 0.25) is 0 Å². The normalized spacial score (nSPS) is 10.7. The number of nitrogens with one attached hydrogen (secondary N) is 3. The van der Waals surface area contributed by atoms with Gasteiger partial charge in [0.15, 0.2) is 0 Å². The highest BCUT2D eigenvalue weighted by Crippen LogP contribution is 2.11. The fraction of sp³-hybridized carbons (Fsp3) is 0.0476. The topological polar surface area (TPSA) is 86.4 Å². The Morgan fingerprint density at radius 1 is 0.667 bits per heavy atom. The van der Waals surface area contributed by atoms with Gasteiger partial charge in [-0.2, -0.15) is 0 Å². The van der Waals surface area contributed by atoms with Gasteiger partial charge >= 0.3 is 0 Å². The maximum atomic E-state index is 11.7. The predicted molar refractivity (Wildman–Crippen MR) is 107 cm³/mol. The van der Waals surface area contributed by atoms with Crippen molar-refractivity contribution in [3.05, 3.63) is 105 Å². The zero-order valence-corrected chi connectivity index (χ0v) is 14.5. The molecule has 0 aliphatic rings. The fourth-order valence-electron chi connectivity index (χ4n) is 3.02. The highest BCUT2D eigenvalue weighted by Gasteiger charge is 2.05. The maximum absolute atomic E-state index is 11.7. The Morgan fingerprint density at radius 2 is 1.33 bits per heavy atom. The van der Waals surface area contributed by atoms with E-state index in [9.17, 15) is 9.59 Å². The van der Waals surface area contributed by atoms with Crippen LogP contribution < -0.4 is 11.1 Å². The zero-order valence-electron chi connectivity index (χ0n) is 14.5. The summed E-state index contributed by atoms with van der Waals surface area (Å²) >= 11 is 0. The molecule has 2 aromatic heterocycles. The summed E-state index contributed by atoms with van der Waals surface area (Å²) in [7, 11) is 0. The lowest BCUT2D eigenvalue weighted by atomic mass is 10.2. The molecule has 5 aromatic rings. The van der Waals surface area contributed by atoms with Crippen molar-refractivity contribution in [2.45, 2.75) is 6.54 Å². The van der Waals surface area contributed by atoms with Crippen LogP contribution in [0.15, 0.2) is 88.5 Å². The van der Waals surface area contributed by atoms with Crippen LogP contribution in [-0.2, 0) is 6.54 Å². The molecule has 0 unspecified atom stereocenters. The molecule has 27 heavy (non-hydrogen) atoms. The number of rotatable bonds is 2. The van der Waals surface area contributed by atoms with Crippen molar-refractivity contribution in [2.75, 3.05) is 0 Å². The number of hydrogen-bond donors (Lipinski definition) is 3. The lowest BCUT2D eigenvalue weighted by Crippen LogP contribution is -2.06. The molecule has 134 valence electrons. The summed E-state index contributed by atoms with van der Waals surface area (Å²) < 4.78 is 1.88. The molecule has 0 radical (unpaired) electrons. The minimum Gasteiger partial charge on any atom is -0.298 e. The van der Waals surface area contributed by atoms with Crippen molar-refractivity contribution in [2.24, 2.45) is 0 Å². The van der Waals surface area contributed by atoms with E-state index >= 15 is 0 Å². The minimum absolute atomic E-state index is 0.0310. The first-order valence-corrected chi connectivity index (χ1v) is 8.59. The maximum Gasteiger partial charge on any atom is 0.271 e. The van der Waals surface area contributed by atoms with Crippen LogP contribution >= 0.6 is 0 Å². The smallest absolute Gasteiger partial charge is 0.271 e. The van der Waals surface area contributed by atoms with Gasteiger partial charge in [-0.3, -0.25) is 29.6 Å². The average Bonchev–Trinajstić information content (AvgIpc) is 3.24. The average molecular weight is 358 g/mol. The van der Waals surface area contributed by atoms with Gasteiger partial charge in [0.25, 0.3) is 11.1 Å². The van der Waals surface area contributed by atoms with E-state index in [-0.39, 0.29) is 11.1 Å². The second kappa shape index (κ2) is 7.21. The number of para-hydroxylation sites is 2. The third kappa shape index (κ3) is 3.46. The molecule has 6 heteroatoms.